The van der Waals surface area contributed by atoms with Crippen LogP contribution in [0, 0.1) is 0 Å². The summed E-state index contributed by atoms with van der Waals surface area (Å²) in [5, 5.41) is 3.00. The van der Waals surface area contributed by atoms with Gasteiger partial charge in [0.05, 0.1) is 27.2 Å². The van der Waals surface area contributed by atoms with Crippen LogP contribution >= 0.6 is 0 Å². The highest BCUT2D eigenvalue weighted by Crippen LogP contribution is 2.29. The summed E-state index contributed by atoms with van der Waals surface area (Å²) in [4.78, 5) is 12.4. The zero-order valence-electron chi connectivity index (χ0n) is 15.9. The average Bonchev–Trinajstić information content (AvgIpc) is 2.70. The van der Waals surface area contributed by atoms with Crippen molar-refractivity contribution in [3.63, 3.8) is 0 Å². The van der Waals surface area contributed by atoms with Crippen LogP contribution in [0.25, 0.3) is 0 Å². The van der Waals surface area contributed by atoms with Gasteiger partial charge in [-0.15, -0.1) is 0 Å². The number of carbonyl (C=O) groups excluding carboxylic acids is 1. The molecule has 0 aromatic heterocycles. The molecule has 0 saturated heterocycles. The standard InChI is InChI=1S/C21H27NO4/c1-5-21(26-4,17-9-7-6-8-10-17)15-22-20(23)14-16-11-12-18(24-2)19(13-16)25-3/h6-13H,5,14-15H2,1-4H3,(H,22,23). The number of ether oxygens (including phenoxy) is 3. The molecule has 0 fully saturated rings. The minimum absolute atomic E-state index is 0.0666. The second-order valence-corrected chi connectivity index (χ2v) is 6.06. The fourth-order valence-electron chi connectivity index (χ4n) is 2.99. The maximum absolute atomic E-state index is 12.4. The maximum Gasteiger partial charge on any atom is 0.224 e. The zero-order chi connectivity index (χ0) is 19.0. The van der Waals surface area contributed by atoms with Crippen LogP contribution in [0.4, 0.5) is 0 Å². The van der Waals surface area contributed by atoms with Crippen LogP contribution < -0.4 is 14.8 Å². The minimum atomic E-state index is -0.533. The number of rotatable bonds is 9. The summed E-state index contributed by atoms with van der Waals surface area (Å²) in [5.41, 5.74) is 1.38. The van der Waals surface area contributed by atoms with Crippen LogP contribution in [-0.2, 0) is 21.6 Å². The summed E-state index contributed by atoms with van der Waals surface area (Å²) < 4.78 is 16.3. The summed E-state index contributed by atoms with van der Waals surface area (Å²) in [6, 6.07) is 15.4. The summed E-state index contributed by atoms with van der Waals surface area (Å²) >= 11 is 0. The van der Waals surface area contributed by atoms with Crippen LogP contribution in [0.1, 0.15) is 24.5 Å². The van der Waals surface area contributed by atoms with Gasteiger partial charge >= 0.3 is 0 Å². The average molecular weight is 357 g/mol. The molecule has 0 spiro atoms. The van der Waals surface area contributed by atoms with E-state index in [9.17, 15) is 4.79 Å². The lowest BCUT2D eigenvalue weighted by atomic mass is 9.90. The fourth-order valence-corrected chi connectivity index (χ4v) is 2.99. The van der Waals surface area contributed by atoms with Crippen LogP contribution in [0.2, 0.25) is 0 Å². The highest BCUT2D eigenvalue weighted by Gasteiger charge is 2.30. The van der Waals surface area contributed by atoms with Crippen molar-refractivity contribution in [2.24, 2.45) is 0 Å². The Morgan fingerprint density at radius 3 is 2.27 bits per heavy atom. The Morgan fingerprint density at radius 1 is 1.00 bits per heavy atom. The van der Waals surface area contributed by atoms with Crippen molar-refractivity contribution in [3.8, 4) is 11.5 Å². The molecule has 1 N–H and O–H groups in total. The van der Waals surface area contributed by atoms with Gasteiger partial charge in [0, 0.05) is 7.11 Å². The second kappa shape index (κ2) is 9.25. The van der Waals surface area contributed by atoms with Crippen molar-refractivity contribution >= 4 is 5.91 Å². The van der Waals surface area contributed by atoms with Gasteiger partial charge in [0.2, 0.25) is 5.91 Å². The predicted octanol–water partition coefficient (Wildman–Crippen LogP) is 3.31. The van der Waals surface area contributed by atoms with Gasteiger partial charge in [0.1, 0.15) is 5.60 Å². The van der Waals surface area contributed by atoms with Crippen molar-refractivity contribution < 1.29 is 19.0 Å². The molecule has 0 aliphatic rings. The van der Waals surface area contributed by atoms with Gasteiger partial charge in [-0.05, 0) is 29.7 Å². The van der Waals surface area contributed by atoms with Gasteiger partial charge in [0.25, 0.3) is 0 Å². The second-order valence-electron chi connectivity index (χ2n) is 6.06. The minimum Gasteiger partial charge on any atom is -0.493 e. The monoisotopic (exact) mass is 357 g/mol. The van der Waals surface area contributed by atoms with Crippen molar-refractivity contribution in [1.29, 1.82) is 0 Å². The summed E-state index contributed by atoms with van der Waals surface area (Å²) in [6.07, 6.45) is 1.02. The molecule has 0 aliphatic heterocycles. The number of benzene rings is 2. The highest BCUT2D eigenvalue weighted by atomic mass is 16.5. The van der Waals surface area contributed by atoms with Crippen molar-refractivity contribution in [2.45, 2.75) is 25.4 Å². The maximum atomic E-state index is 12.4. The fraction of sp³-hybridized carbons (Fsp3) is 0.381. The van der Waals surface area contributed by atoms with Crippen molar-refractivity contribution in [3.05, 3.63) is 59.7 Å². The molecule has 0 heterocycles. The van der Waals surface area contributed by atoms with E-state index in [4.69, 9.17) is 14.2 Å². The Bertz CT molecular complexity index is 711. The third-order valence-electron chi connectivity index (χ3n) is 4.65. The molecule has 5 nitrogen and oxygen atoms in total. The lowest BCUT2D eigenvalue weighted by Gasteiger charge is -2.32. The topological polar surface area (TPSA) is 56.8 Å². The molecule has 0 aliphatic carbocycles. The Balaban J connectivity index is 2.05. The molecular weight excluding hydrogens is 330 g/mol. The Kier molecular flexibility index (Phi) is 7.04. The Morgan fingerprint density at radius 2 is 1.69 bits per heavy atom. The van der Waals surface area contributed by atoms with E-state index < -0.39 is 5.60 Å². The van der Waals surface area contributed by atoms with Crippen LogP contribution in [0.5, 0.6) is 11.5 Å². The molecule has 2 rings (SSSR count). The van der Waals surface area contributed by atoms with Crippen molar-refractivity contribution in [2.75, 3.05) is 27.9 Å². The van der Waals surface area contributed by atoms with Gasteiger partial charge in [-0.2, -0.15) is 0 Å². The first-order chi connectivity index (χ1) is 12.6. The molecule has 0 saturated carbocycles. The van der Waals surface area contributed by atoms with Gasteiger partial charge in [-0.3, -0.25) is 4.79 Å². The molecule has 1 atom stereocenters. The normalized spacial score (nSPS) is 12.9. The smallest absolute Gasteiger partial charge is 0.224 e. The number of hydrogen-bond acceptors (Lipinski definition) is 4. The first-order valence-electron chi connectivity index (χ1n) is 8.66. The van der Waals surface area contributed by atoms with Crippen LogP contribution in [0.15, 0.2) is 48.5 Å². The Hall–Kier alpha value is -2.53. The molecule has 5 heteroatoms. The van der Waals surface area contributed by atoms with Gasteiger partial charge in [0.15, 0.2) is 11.5 Å². The van der Waals surface area contributed by atoms with Crippen LogP contribution in [0.3, 0.4) is 0 Å². The first kappa shape index (κ1) is 19.8. The van der Waals surface area contributed by atoms with Gasteiger partial charge in [-0.1, -0.05) is 43.3 Å². The van der Waals surface area contributed by atoms with Crippen LogP contribution in [-0.4, -0.2) is 33.8 Å². The molecule has 140 valence electrons. The number of hydrogen-bond donors (Lipinski definition) is 1. The SMILES string of the molecule is CCC(CNC(=O)Cc1ccc(OC)c(OC)c1)(OC)c1ccccc1. The molecular formula is C21H27NO4. The summed E-state index contributed by atoms with van der Waals surface area (Å²) in [6.45, 7) is 2.47. The lowest BCUT2D eigenvalue weighted by molar-refractivity contribution is -0.122. The summed E-state index contributed by atoms with van der Waals surface area (Å²) in [5.74, 6) is 1.19. The number of amides is 1. The third kappa shape index (κ3) is 4.55. The molecule has 1 amide bonds. The largest absolute Gasteiger partial charge is 0.493 e. The van der Waals surface area contributed by atoms with Crippen molar-refractivity contribution in [1.82, 2.24) is 5.32 Å². The van der Waals surface area contributed by atoms with E-state index in [2.05, 4.69) is 12.2 Å². The van der Waals surface area contributed by atoms with E-state index in [0.717, 1.165) is 17.5 Å². The van der Waals surface area contributed by atoms with E-state index in [1.165, 1.54) is 0 Å². The van der Waals surface area contributed by atoms with E-state index in [-0.39, 0.29) is 12.3 Å². The first-order valence-corrected chi connectivity index (χ1v) is 8.66. The Labute approximate surface area is 155 Å². The van der Waals surface area contributed by atoms with E-state index in [0.29, 0.717) is 18.0 Å². The highest BCUT2D eigenvalue weighted by molar-refractivity contribution is 5.79. The van der Waals surface area contributed by atoms with Gasteiger partial charge < -0.3 is 19.5 Å². The predicted molar refractivity (Wildman–Crippen MR) is 102 cm³/mol. The number of methoxy groups -OCH3 is 3. The molecule has 2 aromatic rings. The van der Waals surface area contributed by atoms with E-state index >= 15 is 0 Å². The molecule has 26 heavy (non-hydrogen) atoms. The quantitative estimate of drug-likeness (QED) is 0.748. The summed E-state index contributed by atoms with van der Waals surface area (Å²) in [7, 11) is 4.84. The lowest BCUT2D eigenvalue weighted by Crippen LogP contribution is -2.42. The number of nitrogens with one attached hydrogen (secondary N) is 1. The zero-order valence-corrected chi connectivity index (χ0v) is 15.9. The van der Waals surface area contributed by atoms with Gasteiger partial charge in [-0.25, -0.2) is 0 Å². The van der Waals surface area contributed by atoms with E-state index in [1.54, 1.807) is 27.4 Å². The molecule has 0 radical (unpaired) electrons. The molecule has 2 aromatic carbocycles. The number of carbonyl (C=O) groups is 1. The van der Waals surface area contributed by atoms with E-state index in [1.807, 2.05) is 42.5 Å². The molecule has 0 bridgehead atoms. The molecule has 1 unspecified atom stereocenters. The third-order valence-corrected chi connectivity index (χ3v) is 4.65.